The van der Waals surface area contributed by atoms with Crippen LogP contribution in [-0.4, -0.2) is 18.5 Å². The summed E-state index contributed by atoms with van der Waals surface area (Å²) in [4.78, 5) is 0. The van der Waals surface area contributed by atoms with E-state index in [0.29, 0.717) is 0 Å². The maximum absolute atomic E-state index is 11.5. The highest BCUT2D eigenvalue weighted by molar-refractivity contribution is 8.84. The van der Waals surface area contributed by atoms with E-state index in [-0.39, 0.29) is 0 Å². The third-order valence-electron chi connectivity index (χ3n) is 0.526. The number of halogens is 5. The summed E-state index contributed by atoms with van der Waals surface area (Å²) >= 11 is 0. The van der Waals surface area contributed by atoms with E-state index >= 15 is 0 Å². The van der Waals surface area contributed by atoms with Crippen LogP contribution < -0.4 is 0 Å². The lowest BCUT2D eigenvalue weighted by molar-refractivity contribution is -0.0440. The van der Waals surface area contributed by atoms with Crippen molar-refractivity contribution >= 4 is 19.0 Å². The van der Waals surface area contributed by atoms with E-state index < -0.39 is 24.5 Å². The molecule has 0 bridgehead atoms. The first kappa shape index (κ1) is 10.9. The zero-order chi connectivity index (χ0) is 9.50. The molecule has 0 N–H and O–H groups in total. The highest BCUT2D eigenvalue weighted by atomic mass is 33.2. The second-order valence-electron chi connectivity index (χ2n) is 1.28. The summed E-state index contributed by atoms with van der Waals surface area (Å²) in [6.45, 7) is 0. The first-order valence-corrected chi connectivity index (χ1v) is 5.11. The number of hydrogen-bond donors (Lipinski definition) is 0. The molecule has 0 rings (SSSR count). The molecule has 10 heteroatoms. The van der Waals surface area contributed by atoms with Gasteiger partial charge in [0.25, 0.3) is 0 Å². The van der Waals surface area contributed by atoms with Crippen LogP contribution in [0.5, 0.6) is 0 Å². The van der Waals surface area contributed by atoms with Gasteiger partial charge < -0.3 is 4.55 Å². The first-order chi connectivity index (χ1) is 4.50. The molecule has 0 unspecified atom stereocenters. The Bertz CT molecular complexity index is 237. The summed E-state index contributed by atoms with van der Waals surface area (Å²) in [5.41, 5.74) is -6.27. The summed E-state index contributed by atoms with van der Waals surface area (Å²) in [6, 6.07) is 0. The Balaban J connectivity index is 5.08. The zero-order valence-electron chi connectivity index (χ0n) is 4.43. The van der Waals surface area contributed by atoms with Crippen molar-refractivity contribution < 1.29 is 33.9 Å². The van der Waals surface area contributed by atoms with E-state index in [9.17, 15) is 33.9 Å². The SMILES string of the molecule is O=S(=O)([O-])S(F)(F)C(F)(F)F. The van der Waals surface area contributed by atoms with Gasteiger partial charge in [0, 0.05) is 0 Å². The minimum atomic E-state index is -7.10. The molecule has 0 aromatic carbocycles. The Morgan fingerprint density at radius 2 is 1.36 bits per heavy atom. The fourth-order valence-electron chi connectivity index (χ4n) is 0.116. The van der Waals surface area contributed by atoms with Crippen LogP contribution in [-0.2, 0) is 9.15 Å². The van der Waals surface area contributed by atoms with Crippen LogP contribution in [0.4, 0.5) is 20.9 Å². The molecule has 0 spiro atoms. The maximum atomic E-state index is 11.5. The molecule has 0 fully saturated rings. The molecule has 11 heavy (non-hydrogen) atoms. The topological polar surface area (TPSA) is 57.2 Å². The molecular weight excluding hydrogens is 219 g/mol. The van der Waals surface area contributed by atoms with Crippen molar-refractivity contribution in [3.8, 4) is 0 Å². The van der Waals surface area contributed by atoms with Crippen molar-refractivity contribution in [2.75, 3.05) is 0 Å². The Hall–Kier alpha value is -0.0900. The molecular formula is CF5O3S2-. The smallest absolute Gasteiger partial charge is 0.491 e. The number of rotatable bonds is 1. The van der Waals surface area contributed by atoms with E-state index in [0.717, 1.165) is 0 Å². The average Bonchev–Trinajstić information content (AvgIpc) is 1.58. The van der Waals surface area contributed by atoms with Gasteiger partial charge in [0.05, 0.1) is 0 Å². The van der Waals surface area contributed by atoms with Crippen LogP contribution in [0.2, 0.25) is 0 Å². The van der Waals surface area contributed by atoms with Crippen molar-refractivity contribution in [3.05, 3.63) is 0 Å². The maximum Gasteiger partial charge on any atom is 0.491 e. The summed E-state index contributed by atoms with van der Waals surface area (Å²) in [5.74, 6) is 0. The molecule has 0 aliphatic rings. The summed E-state index contributed by atoms with van der Waals surface area (Å²) in [6.07, 6.45) is 0. The van der Waals surface area contributed by atoms with E-state index in [1.165, 1.54) is 0 Å². The largest absolute Gasteiger partial charge is 0.737 e. The third-order valence-corrected chi connectivity index (χ3v) is 3.68. The molecule has 0 saturated carbocycles. The van der Waals surface area contributed by atoms with Gasteiger partial charge in [-0.1, -0.05) is 0 Å². The molecule has 0 aromatic rings. The first-order valence-electron chi connectivity index (χ1n) is 1.75. The second kappa shape index (κ2) is 2.45. The van der Waals surface area contributed by atoms with E-state index in [2.05, 4.69) is 0 Å². The van der Waals surface area contributed by atoms with Crippen molar-refractivity contribution in [2.45, 2.75) is 5.51 Å². The molecule has 0 heterocycles. The van der Waals surface area contributed by atoms with Gasteiger partial charge >= 0.3 is 5.51 Å². The molecule has 0 aromatic heterocycles. The average molecular weight is 219 g/mol. The minimum Gasteiger partial charge on any atom is -0.737 e. The van der Waals surface area contributed by atoms with Crippen LogP contribution in [0.1, 0.15) is 0 Å². The Morgan fingerprint density at radius 1 is 1.09 bits per heavy atom. The van der Waals surface area contributed by atoms with Crippen molar-refractivity contribution in [1.82, 2.24) is 0 Å². The lowest BCUT2D eigenvalue weighted by Crippen LogP contribution is -2.19. The number of hydrogen-bond acceptors (Lipinski definition) is 3. The lowest BCUT2D eigenvalue weighted by Gasteiger charge is -2.25. The van der Waals surface area contributed by atoms with Gasteiger partial charge in [-0.3, -0.25) is 0 Å². The van der Waals surface area contributed by atoms with Crippen LogP contribution in [0.25, 0.3) is 0 Å². The van der Waals surface area contributed by atoms with Crippen LogP contribution >= 0.6 is 9.83 Å². The molecule has 3 nitrogen and oxygen atoms in total. The van der Waals surface area contributed by atoms with Crippen molar-refractivity contribution in [1.29, 1.82) is 0 Å². The molecule has 0 atom stereocenters. The highest BCUT2D eigenvalue weighted by Crippen LogP contribution is 2.68. The minimum absolute atomic E-state index is 6.27. The molecule has 0 saturated heterocycles. The van der Waals surface area contributed by atoms with Gasteiger partial charge in [0.15, 0.2) is 9.15 Å². The summed E-state index contributed by atoms with van der Waals surface area (Å²) in [7, 11) is -13.7. The zero-order valence-corrected chi connectivity index (χ0v) is 6.06. The van der Waals surface area contributed by atoms with E-state index in [1.807, 2.05) is 0 Å². The standard InChI is InChI=1S/CHF5O3S2/c2-1(3,4)10(5,6)11(7,8)9/h(H,7,8,9)/p-1. The normalized spacial score (nSPS) is 16.5. The molecule has 0 aliphatic heterocycles. The van der Waals surface area contributed by atoms with Gasteiger partial charge in [0.1, 0.15) is 0 Å². The fourth-order valence-corrected chi connectivity index (χ4v) is 1.04. The highest BCUT2D eigenvalue weighted by Gasteiger charge is 2.58. The lowest BCUT2D eigenvalue weighted by atomic mass is 11.6. The summed E-state index contributed by atoms with van der Waals surface area (Å²) < 4.78 is 84.0. The fraction of sp³-hybridized carbons (Fsp3) is 1.00. The molecule has 0 radical (unpaired) electrons. The van der Waals surface area contributed by atoms with Gasteiger partial charge in [-0.25, -0.2) is 8.42 Å². The summed E-state index contributed by atoms with van der Waals surface area (Å²) in [5, 5.41) is 0. The van der Waals surface area contributed by atoms with E-state index in [4.69, 9.17) is 0 Å². The van der Waals surface area contributed by atoms with Crippen LogP contribution in [0.3, 0.4) is 0 Å². The second-order valence-corrected chi connectivity index (χ2v) is 5.88. The predicted octanol–water partition coefficient (Wildman–Crippen LogP) is 1.54. The quantitative estimate of drug-likeness (QED) is 0.382. The van der Waals surface area contributed by atoms with E-state index in [1.54, 1.807) is 0 Å². The number of alkyl halides is 3. The van der Waals surface area contributed by atoms with Crippen molar-refractivity contribution in [3.63, 3.8) is 0 Å². The van der Waals surface area contributed by atoms with Crippen LogP contribution in [0, 0.1) is 0 Å². The molecule has 0 aliphatic carbocycles. The Labute approximate surface area is 59.2 Å². The monoisotopic (exact) mass is 219 g/mol. The third kappa shape index (κ3) is 1.93. The predicted molar refractivity (Wildman–Crippen MR) is 25.6 cm³/mol. The molecule has 0 amide bonds. The van der Waals surface area contributed by atoms with Gasteiger partial charge in [-0.05, 0) is 0 Å². The van der Waals surface area contributed by atoms with Crippen molar-refractivity contribution in [2.24, 2.45) is 0 Å². The van der Waals surface area contributed by atoms with Crippen LogP contribution in [0.15, 0.2) is 0 Å². The van der Waals surface area contributed by atoms with Gasteiger partial charge in [-0.2, -0.15) is 13.2 Å². The van der Waals surface area contributed by atoms with Gasteiger partial charge in [-0.15, -0.1) is 7.77 Å². The van der Waals surface area contributed by atoms with Gasteiger partial charge in [0.2, 0.25) is 9.83 Å². The Morgan fingerprint density at radius 3 is 1.36 bits per heavy atom. The Kier molecular flexibility index (Phi) is 2.43. The molecule has 70 valence electrons.